The van der Waals surface area contributed by atoms with E-state index in [1.807, 2.05) is 49.4 Å². The van der Waals surface area contributed by atoms with Crippen molar-refractivity contribution in [3.8, 4) is 5.75 Å². The van der Waals surface area contributed by atoms with Crippen molar-refractivity contribution in [1.82, 2.24) is 10.2 Å². The van der Waals surface area contributed by atoms with Crippen LogP contribution in [0.15, 0.2) is 42.5 Å². The van der Waals surface area contributed by atoms with E-state index < -0.39 is 0 Å². The molecule has 2 N–H and O–H groups in total. The van der Waals surface area contributed by atoms with Crippen molar-refractivity contribution in [2.24, 2.45) is 0 Å². The van der Waals surface area contributed by atoms with Crippen LogP contribution in [0.2, 0.25) is 0 Å². The zero-order valence-electron chi connectivity index (χ0n) is 16.3. The van der Waals surface area contributed by atoms with Gasteiger partial charge in [0.15, 0.2) is 6.73 Å². The number of likely N-dealkylation sites (N-methyl/N-ethyl adjacent to an activating group) is 1. The zero-order chi connectivity index (χ0) is 19.2. The quantitative estimate of drug-likeness (QED) is 0.796. The van der Waals surface area contributed by atoms with Crippen molar-refractivity contribution >= 4 is 17.4 Å². The smallest absolute Gasteiger partial charge is 0.321 e. The number of amides is 2. The van der Waals surface area contributed by atoms with Gasteiger partial charge in [0.05, 0.1) is 0 Å². The predicted octanol–water partition coefficient (Wildman–Crippen LogP) is 3.21. The van der Waals surface area contributed by atoms with Crippen LogP contribution >= 0.6 is 0 Å². The molecule has 2 aromatic rings. The number of hydrogen-bond donors (Lipinski definition) is 2. The van der Waals surface area contributed by atoms with Gasteiger partial charge in [0, 0.05) is 37.6 Å². The Bertz CT molecular complexity index is 768. The molecular formula is C21H28N4O2. The van der Waals surface area contributed by atoms with Crippen LogP contribution in [0.3, 0.4) is 0 Å². The lowest BCUT2D eigenvalue weighted by Gasteiger charge is -2.34. The van der Waals surface area contributed by atoms with E-state index in [1.54, 1.807) is 0 Å². The lowest BCUT2D eigenvalue weighted by atomic mass is 10.1. The summed E-state index contributed by atoms with van der Waals surface area (Å²) in [5.74, 6) is 0.745. The molecule has 0 aliphatic carbocycles. The number of hydrogen-bond acceptors (Lipinski definition) is 4. The summed E-state index contributed by atoms with van der Waals surface area (Å²) in [7, 11) is 2.15. The number of urea groups is 1. The van der Waals surface area contributed by atoms with Gasteiger partial charge in [0.25, 0.3) is 0 Å². The van der Waals surface area contributed by atoms with Crippen LogP contribution in [0.4, 0.5) is 16.2 Å². The van der Waals surface area contributed by atoms with E-state index in [4.69, 9.17) is 4.74 Å². The zero-order valence-corrected chi connectivity index (χ0v) is 16.3. The van der Waals surface area contributed by atoms with Gasteiger partial charge in [-0.25, -0.2) is 4.79 Å². The van der Waals surface area contributed by atoms with Gasteiger partial charge in [-0.05, 0) is 68.4 Å². The number of ether oxygens (including phenoxy) is 1. The number of carbonyl (C=O) groups is 1. The molecule has 1 fully saturated rings. The molecule has 6 nitrogen and oxygen atoms in total. The van der Waals surface area contributed by atoms with E-state index in [0.29, 0.717) is 0 Å². The molecule has 0 bridgehead atoms. The van der Waals surface area contributed by atoms with Crippen LogP contribution in [0.5, 0.6) is 5.75 Å². The first kappa shape index (κ1) is 19.0. The fourth-order valence-electron chi connectivity index (χ4n) is 2.98. The molecule has 2 aromatic carbocycles. The summed E-state index contributed by atoms with van der Waals surface area (Å²) >= 11 is 0. The Morgan fingerprint density at radius 2 is 1.70 bits per heavy atom. The number of rotatable bonds is 5. The molecule has 0 unspecified atom stereocenters. The van der Waals surface area contributed by atoms with Gasteiger partial charge in [0.2, 0.25) is 0 Å². The van der Waals surface area contributed by atoms with Crippen molar-refractivity contribution < 1.29 is 9.53 Å². The molecule has 1 saturated heterocycles. The number of benzene rings is 2. The number of aryl methyl sites for hydroxylation is 2. The largest absolute Gasteiger partial charge is 0.473 e. The highest BCUT2D eigenvalue weighted by Gasteiger charge is 2.14. The lowest BCUT2D eigenvalue weighted by Crippen LogP contribution is -2.44. The van der Waals surface area contributed by atoms with E-state index >= 15 is 0 Å². The number of carbonyl (C=O) groups excluding carboxylic acids is 1. The molecule has 6 heteroatoms. The third-order valence-electron chi connectivity index (χ3n) is 4.94. The first-order valence-electron chi connectivity index (χ1n) is 9.30. The van der Waals surface area contributed by atoms with Gasteiger partial charge in [-0.1, -0.05) is 6.07 Å². The maximum Gasteiger partial charge on any atom is 0.321 e. The molecular weight excluding hydrogens is 340 g/mol. The van der Waals surface area contributed by atoms with Crippen molar-refractivity contribution in [3.63, 3.8) is 0 Å². The molecule has 2 amide bonds. The third-order valence-corrected chi connectivity index (χ3v) is 4.94. The van der Waals surface area contributed by atoms with Gasteiger partial charge in [-0.3, -0.25) is 0 Å². The molecule has 0 saturated carbocycles. The Morgan fingerprint density at radius 1 is 1.00 bits per heavy atom. The summed E-state index contributed by atoms with van der Waals surface area (Å²) in [5.41, 5.74) is 4.33. The van der Waals surface area contributed by atoms with Crippen molar-refractivity contribution in [1.29, 1.82) is 0 Å². The lowest BCUT2D eigenvalue weighted by molar-refractivity contribution is 0.234. The molecule has 1 aliphatic heterocycles. The van der Waals surface area contributed by atoms with Gasteiger partial charge in [0.1, 0.15) is 5.75 Å². The summed E-state index contributed by atoms with van der Waals surface area (Å²) in [6, 6.07) is 13.5. The molecule has 3 rings (SSSR count). The standard InChI is InChI=1S/C21H28N4O2/c1-16-4-9-20(14-17(16)2)27-15-22-21(26)23-18-5-7-19(8-6-18)25-12-10-24(3)11-13-25/h4-9,14H,10-13,15H2,1-3H3,(H2,22,23,26). The van der Waals surface area contributed by atoms with E-state index in [9.17, 15) is 4.79 Å². The summed E-state index contributed by atoms with van der Waals surface area (Å²) in [6.45, 7) is 8.41. The monoisotopic (exact) mass is 368 g/mol. The minimum Gasteiger partial charge on any atom is -0.473 e. The Labute approximate surface area is 161 Å². The minimum atomic E-state index is -0.286. The van der Waals surface area contributed by atoms with Crippen molar-refractivity contribution in [2.45, 2.75) is 13.8 Å². The third kappa shape index (κ3) is 5.37. The van der Waals surface area contributed by atoms with Crippen LogP contribution in [0.1, 0.15) is 11.1 Å². The first-order chi connectivity index (χ1) is 13.0. The highest BCUT2D eigenvalue weighted by Crippen LogP contribution is 2.19. The molecule has 27 heavy (non-hydrogen) atoms. The van der Waals surface area contributed by atoms with E-state index in [1.165, 1.54) is 11.3 Å². The normalized spacial score (nSPS) is 14.7. The van der Waals surface area contributed by atoms with Crippen molar-refractivity contribution in [3.05, 3.63) is 53.6 Å². The summed E-state index contributed by atoms with van der Waals surface area (Å²) in [6.07, 6.45) is 0. The molecule has 144 valence electrons. The molecule has 1 heterocycles. The molecule has 1 aliphatic rings. The highest BCUT2D eigenvalue weighted by molar-refractivity contribution is 5.89. The number of piperazine rings is 1. The van der Waals surface area contributed by atoms with E-state index in [0.717, 1.165) is 43.2 Å². The molecule has 0 radical (unpaired) electrons. The fourth-order valence-corrected chi connectivity index (χ4v) is 2.98. The van der Waals surface area contributed by atoms with Crippen LogP contribution in [0.25, 0.3) is 0 Å². The van der Waals surface area contributed by atoms with Gasteiger partial charge < -0.3 is 25.2 Å². The molecule has 0 atom stereocenters. The first-order valence-corrected chi connectivity index (χ1v) is 9.30. The van der Waals surface area contributed by atoms with Gasteiger partial charge >= 0.3 is 6.03 Å². The number of nitrogens with one attached hydrogen (secondary N) is 2. The van der Waals surface area contributed by atoms with Crippen LogP contribution in [-0.2, 0) is 0 Å². The SMILES string of the molecule is Cc1ccc(OCNC(=O)Nc2ccc(N3CCN(C)CC3)cc2)cc1C. The summed E-state index contributed by atoms with van der Waals surface area (Å²) in [5, 5.41) is 5.54. The van der Waals surface area contributed by atoms with E-state index in [-0.39, 0.29) is 12.8 Å². The Morgan fingerprint density at radius 3 is 2.37 bits per heavy atom. The molecule has 0 spiro atoms. The Kier molecular flexibility index (Phi) is 6.19. The second-order valence-electron chi connectivity index (χ2n) is 7.00. The van der Waals surface area contributed by atoms with Crippen LogP contribution in [-0.4, -0.2) is 50.9 Å². The average Bonchev–Trinajstić information content (AvgIpc) is 2.66. The average molecular weight is 368 g/mol. The molecule has 0 aromatic heterocycles. The van der Waals surface area contributed by atoms with Crippen LogP contribution < -0.4 is 20.3 Å². The Hall–Kier alpha value is -2.73. The second kappa shape index (κ2) is 8.77. The maximum absolute atomic E-state index is 12.0. The fraction of sp³-hybridized carbons (Fsp3) is 0.381. The van der Waals surface area contributed by atoms with Crippen LogP contribution in [0, 0.1) is 13.8 Å². The summed E-state index contributed by atoms with van der Waals surface area (Å²) in [4.78, 5) is 16.7. The highest BCUT2D eigenvalue weighted by atomic mass is 16.5. The Balaban J connectivity index is 1.44. The summed E-state index contributed by atoms with van der Waals surface area (Å²) < 4.78 is 5.57. The van der Waals surface area contributed by atoms with Gasteiger partial charge in [-0.2, -0.15) is 0 Å². The number of anilines is 2. The maximum atomic E-state index is 12.0. The van der Waals surface area contributed by atoms with E-state index in [2.05, 4.69) is 34.4 Å². The predicted molar refractivity (Wildman–Crippen MR) is 110 cm³/mol. The number of nitrogens with zero attached hydrogens (tertiary/aromatic N) is 2. The minimum absolute atomic E-state index is 0.119. The topological polar surface area (TPSA) is 56.8 Å². The van der Waals surface area contributed by atoms with Crippen molar-refractivity contribution in [2.75, 3.05) is 50.2 Å². The van der Waals surface area contributed by atoms with Gasteiger partial charge in [-0.15, -0.1) is 0 Å². The second-order valence-corrected chi connectivity index (χ2v) is 7.00.